The van der Waals surface area contributed by atoms with Crippen molar-refractivity contribution in [3.8, 4) is 0 Å². The Morgan fingerprint density at radius 1 is 1.15 bits per heavy atom. The third-order valence-electron chi connectivity index (χ3n) is 4.10. The topological polar surface area (TPSA) is 84.2 Å². The van der Waals surface area contributed by atoms with E-state index in [4.69, 9.17) is 18.0 Å². The lowest BCUT2D eigenvalue weighted by atomic mass is 10.1. The van der Waals surface area contributed by atoms with Crippen LogP contribution in [0.5, 0.6) is 0 Å². The number of aryl methyl sites for hydroxylation is 1. The minimum Gasteiger partial charge on any atom is -0.365 e. The van der Waals surface area contributed by atoms with E-state index < -0.39 is 23.6 Å². The van der Waals surface area contributed by atoms with Gasteiger partial charge in [0.2, 0.25) is 0 Å². The van der Waals surface area contributed by atoms with Crippen LogP contribution in [-0.2, 0) is 19.0 Å². The molecule has 4 N–H and O–H groups in total. The SMILES string of the molecule is NC(=O)c1c(NC(=S)NC(=O)c2ccc(C(F)(F)F)cc2)sc2c1CCC2. The summed E-state index contributed by atoms with van der Waals surface area (Å²) in [6.07, 6.45) is -1.91. The van der Waals surface area contributed by atoms with Crippen molar-refractivity contribution in [2.45, 2.75) is 25.4 Å². The van der Waals surface area contributed by atoms with Crippen molar-refractivity contribution in [3.05, 3.63) is 51.4 Å². The number of carbonyl (C=O) groups excluding carboxylic acids is 2. The summed E-state index contributed by atoms with van der Waals surface area (Å²) in [5, 5.41) is 5.58. The van der Waals surface area contributed by atoms with Crippen molar-refractivity contribution in [1.82, 2.24) is 5.32 Å². The number of nitrogens with one attached hydrogen (secondary N) is 2. The fraction of sp³-hybridized carbons (Fsp3) is 0.235. The van der Waals surface area contributed by atoms with Crippen LogP contribution in [0.3, 0.4) is 0 Å². The second kappa shape index (κ2) is 7.28. The van der Waals surface area contributed by atoms with Crippen molar-refractivity contribution in [3.63, 3.8) is 0 Å². The highest BCUT2D eigenvalue weighted by atomic mass is 32.1. The molecular formula is C17H14F3N3O2S2. The lowest BCUT2D eigenvalue weighted by Crippen LogP contribution is -2.34. The Labute approximate surface area is 161 Å². The third-order valence-corrected chi connectivity index (χ3v) is 5.51. The molecule has 1 aliphatic carbocycles. The smallest absolute Gasteiger partial charge is 0.365 e. The minimum atomic E-state index is -4.48. The molecule has 1 aromatic carbocycles. The minimum absolute atomic E-state index is 0.0240. The Morgan fingerprint density at radius 3 is 2.41 bits per heavy atom. The molecule has 1 heterocycles. The van der Waals surface area contributed by atoms with E-state index in [1.165, 1.54) is 11.3 Å². The van der Waals surface area contributed by atoms with Crippen molar-refractivity contribution < 1.29 is 22.8 Å². The number of halogens is 3. The summed E-state index contributed by atoms with van der Waals surface area (Å²) in [6, 6.07) is 3.77. The highest BCUT2D eigenvalue weighted by molar-refractivity contribution is 7.80. The molecule has 0 spiro atoms. The normalized spacial score (nSPS) is 13.1. The number of fused-ring (bicyclic) bond motifs is 1. The Hall–Kier alpha value is -2.46. The standard InChI is InChI=1S/C17H14F3N3O2S2/c18-17(19,20)9-6-4-8(5-7-9)14(25)22-16(26)23-15-12(13(21)24)10-2-1-3-11(10)27-15/h4-7H,1-3H2,(H2,21,24)(H2,22,23,25,26). The van der Waals surface area contributed by atoms with Crippen molar-refractivity contribution in [1.29, 1.82) is 0 Å². The molecule has 1 aromatic heterocycles. The Balaban J connectivity index is 1.70. The van der Waals surface area contributed by atoms with Gasteiger partial charge in [-0.15, -0.1) is 11.3 Å². The average molecular weight is 413 g/mol. The number of carbonyl (C=O) groups is 2. The van der Waals surface area contributed by atoms with Gasteiger partial charge in [-0.1, -0.05) is 0 Å². The fourth-order valence-electron chi connectivity index (χ4n) is 2.87. The fourth-order valence-corrected chi connectivity index (χ4v) is 4.43. The first-order chi connectivity index (χ1) is 12.7. The van der Waals surface area contributed by atoms with E-state index in [1.54, 1.807) is 0 Å². The number of thiophene rings is 1. The molecule has 0 atom stereocenters. The highest BCUT2D eigenvalue weighted by Gasteiger charge is 2.30. The van der Waals surface area contributed by atoms with Gasteiger partial charge in [-0.05, 0) is 61.3 Å². The van der Waals surface area contributed by atoms with E-state index in [9.17, 15) is 22.8 Å². The monoisotopic (exact) mass is 413 g/mol. The molecule has 2 amide bonds. The molecule has 0 aliphatic heterocycles. The third kappa shape index (κ3) is 4.11. The first-order valence-corrected chi connectivity index (χ1v) is 9.13. The summed E-state index contributed by atoms with van der Waals surface area (Å²) in [4.78, 5) is 25.0. The molecule has 3 rings (SSSR count). The number of anilines is 1. The summed E-state index contributed by atoms with van der Waals surface area (Å²) in [5.74, 6) is -1.24. The van der Waals surface area contributed by atoms with Gasteiger partial charge in [0.1, 0.15) is 5.00 Å². The molecule has 5 nitrogen and oxygen atoms in total. The van der Waals surface area contributed by atoms with Crippen LogP contribution in [0.15, 0.2) is 24.3 Å². The van der Waals surface area contributed by atoms with E-state index in [0.29, 0.717) is 10.6 Å². The van der Waals surface area contributed by atoms with Crippen LogP contribution in [0.4, 0.5) is 18.2 Å². The van der Waals surface area contributed by atoms with Crippen LogP contribution in [0.25, 0.3) is 0 Å². The molecule has 1 aliphatic rings. The van der Waals surface area contributed by atoms with Gasteiger partial charge in [0, 0.05) is 10.4 Å². The van der Waals surface area contributed by atoms with Crippen LogP contribution in [0, 0.1) is 0 Å². The number of hydrogen-bond donors (Lipinski definition) is 3. The largest absolute Gasteiger partial charge is 0.416 e. The number of amides is 2. The molecular weight excluding hydrogens is 399 g/mol. The number of rotatable bonds is 3. The molecule has 0 saturated heterocycles. The van der Waals surface area contributed by atoms with E-state index in [-0.39, 0.29) is 10.7 Å². The van der Waals surface area contributed by atoms with Gasteiger partial charge < -0.3 is 11.1 Å². The zero-order chi connectivity index (χ0) is 19.8. The average Bonchev–Trinajstić information content (AvgIpc) is 3.14. The molecule has 0 saturated carbocycles. The molecule has 142 valence electrons. The summed E-state index contributed by atoms with van der Waals surface area (Å²) < 4.78 is 37.7. The zero-order valence-electron chi connectivity index (χ0n) is 13.8. The van der Waals surface area contributed by atoms with Crippen LogP contribution >= 0.6 is 23.6 Å². The maximum Gasteiger partial charge on any atom is 0.416 e. The lowest BCUT2D eigenvalue weighted by Gasteiger charge is -2.11. The van der Waals surface area contributed by atoms with Crippen LogP contribution < -0.4 is 16.4 Å². The van der Waals surface area contributed by atoms with E-state index >= 15 is 0 Å². The number of thiocarbonyl (C=S) groups is 1. The van der Waals surface area contributed by atoms with E-state index in [0.717, 1.165) is 54.0 Å². The van der Waals surface area contributed by atoms with Gasteiger partial charge in [0.05, 0.1) is 11.1 Å². The van der Waals surface area contributed by atoms with Crippen molar-refractivity contribution in [2.24, 2.45) is 5.73 Å². The maximum atomic E-state index is 12.6. The Kier molecular flexibility index (Phi) is 5.20. The maximum absolute atomic E-state index is 12.6. The van der Waals surface area contributed by atoms with Gasteiger partial charge in [0.15, 0.2) is 5.11 Å². The summed E-state index contributed by atoms with van der Waals surface area (Å²) in [6.45, 7) is 0. The van der Waals surface area contributed by atoms with Crippen LogP contribution in [-0.4, -0.2) is 16.9 Å². The number of hydrogen-bond acceptors (Lipinski definition) is 4. The number of nitrogens with two attached hydrogens (primary N) is 1. The predicted molar refractivity (Wildman–Crippen MR) is 100.0 cm³/mol. The lowest BCUT2D eigenvalue weighted by molar-refractivity contribution is -0.137. The number of primary amides is 1. The number of benzene rings is 1. The van der Waals surface area contributed by atoms with Gasteiger partial charge in [-0.25, -0.2) is 0 Å². The van der Waals surface area contributed by atoms with E-state index in [2.05, 4.69) is 10.6 Å². The molecule has 27 heavy (non-hydrogen) atoms. The summed E-state index contributed by atoms with van der Waals surface area (Å²) >= 11 is 6.44. The zero-order valence-corrected chi connectivity index (χ0v) is 15.4. The van der Waals surface area contributed by atoms with Gasteiger partial charge in [-0.2, -0.15) is 13.2 Å². The quantitative estimate of drug-likeness (QED) is 0.673. The predicted octanol–water partition coefficient (Wildman–Crippen LogP) is 3.48. The second-order valence-electron chi connectivity index (χ2n) is 5.91. The van der Waals surface area contributed by atoms with Crippen LogP contribution in [0.2, 0.25) is 0 Å². The highest BCUT2D eigenvalue weighted by Crippen LogP contribution is 2.38. The first-order valence-electron chi connectivity index (χ1n) is 7.90. The first kappa shape index (κ1) is 19.3. The van der Waals surface area contributed by atoms with Gasteiger partial charge in [0.25, 0.3) is 11.8 Å². The molecule has 2 aromatic rings. The molecule has 0 unspecified atom stereocenters. The Bertz CT molecular complexity index is 921. The Morgan fingerprint density at radius 2 is 1.81 bits per heavy atom. The molecule has 0 bridgehead atoms. The molecule has 0 radical (unpaired) electrons. The van der Waals surface area contributed by atoms with Gasteiger partial charge >= 0.3 is 6.18 Å². The summed E-state index contributed by atoms with van der Waals surface area (Å²) in [5.41, 5.74) is 5.91. The van der Waals surface area contributed by atoms with Crippen molar-refractivity contribution >= 4 is 45.5 Å². The molecule has 0 fully saturated rings. The van der Waals surface area contributed by atoms with Crippen LogP contribution in [0.1, 0.15) is 43.1 Å². The summed E-state index contributed by atoms with van der Waals surface area (Å²) in [7, 11) is 0. The van der Waals surface area contributed by atoms with Gasteiger partial charge in [-0.3, -0.25) is 14.9 Å². The number of alkyl halides is 3. The van der Waals surface area contributed by atoms with E-state index in [1.807, 2.05) is 0 Å². The molecule has 10 heteroatoms. The second-order valence-corrected chi connectivity index (χ2v) is 7.42. The van der Waals surface area contributed by atoms with Crippen molar-refractivity contribution in [2.75, 3.05) is 5.32 Å².